The van der Waals surface area contributed by atoms with Crippen LogP contribution in [0.15, 0.2) is 0 Å². The van der Waals surface area contributed by atoms with Crippen molar-refractivity contribution in [1.82, 2.24) is 10.0 Å². The number of sulfonamides is 1. The Labute approximate surface area is 91.9 Å². The van der Waals surface area contributed by atoms with Gasteiger partial charge in [-0.3, -0.25) is 0 Å². The molecule has 2 saturated carbocycles. The second-order valence-corrected chi connectivity index (χ2v) is 7.28. The number of hydrogen-bond donors (Lipinski definition) is 2. The average Bonchev–Trinajstić information content (AvgIpc) is 2.93. The normalized spacial score (nSPS) is 29.1. The zero-order valence-corrected chi connectivity index (χ0v) is 10.2. The van der Waals surface area contributed by atoms with Crippen LogP contribution in [-0.2, 0) is 10.0 Å². The quantitative estimate of drug-likeness (QED) is 0.699. The number of rotatable bonds is 6. The highest BCUT2D eigenvalue weighted by Gasteiger charge is 2.47. The van der Waals surface area contributed by atoms with Gasteiger partial charge in [-0.15, -0.1) is 0 Å². The standard InChI is InChI=1S/C10H20N2O2S/c1-10(2)7-9(10)12-15(13,14)6-5-11-8-3-4-8/h8-9,11-12H,3-7H2,1-2H3. The maximum Gasteiger partial charge on any atom is 0.213 e. The third-order valence-electron chi connectivity index (χ3n) is 3.22. The van der Waals surface area contributed by atoms with E-state index < -0.39 is 10.0 Å². The molecule has 0 bridgehead atoms. The largest absolute Gasteiger partial charge is 0.313 e. The topological polar surface area (TPSA) is 58.2 Å². The molecule has 0 aromatic carbocycles. The van der Waals surface area contributed by atoms with Gasteiger partial charge in [-0.2, -0.15) is 0 Å². The Morgan fingerprint density at radius 2 is 1.93 bits per heavy atom. The van der Waals surface area contributed by atoms with Crippen LogP contribution in [0, 0.1) is 5.41 Å². The van der Waals surface area contributed by atoms with Crippen molar-refractivity contribution in [3.8, 4) is 0 Å². The Bertz CT molecular complexity index is 333. The van der Waals surface area contributed by atoms with Gasteiger partial charge in [0.25, 0.3) is 0 Å². The lowest BCUT2D eigenvalue weighted by Crippen LogP contribution is -2.35. The summed E-state index contributed by atoms with van der Waals surface area (Å²) in [5, 5.41) is 3.21. The Kier molecular flexibility index (Phi) is 2.81. The molecule has 1 unspecified atom stereocenters. The van der Waals surface area contributed by atoms with E-state index in [0.29, 0.717) is 12.6 Å². The molecule has 1 atom stereocenters. The predicted octanol–water partition coefficient (Wildman–Crippen LogP) is 0.456. The van der Waals surface area contributed by atoms with Crippen molar-refractivity contribution in [2.75, 3.05) is 12.3 Å². The van der Waals surface area contributed by atoms with E-state index in [1.807, 2.05) is 0 Å². The van der Waals surface area contributed by atoms with E-state index in [1.54, 1.807) is 0 Å². The maximum absolute atomic E-state index is 11.6. The van der Waals surface area contributed by atoms with Crippen LogP contribution in [0.5, 0.6) is 0 Å². The third kappa shape index (κ3) is 3.43. The van der Waals surface area contributed by atoms with Gasteiger partial charge in [0.2, 0.25) is 10.0 Å². The summed E-state index contributed by atoms with van der Waals surface area (Å²) in [6.45, 7) is 4.75. The summed E-state index contributed by atoms with van der Waals surface area (Å²) in [5.41, 5.74) is 0.164. The molecule has 88 valence electrons. The van der Waals surface area contributed by atoms with Crippen LogP contribution in [0.4, 0.5) is 0 Å². The lowest BCUT2D eigenvalue weighted by atomic mass is 10.2. The van der Waals surface area contributed by atoms with E-state index in [2.05, 4.69) is 23.9 Å². The molecule has 2 fully saturated rings. The highest BCUT2D eigenvalue weighted by atomic mass is 32.2. The number of hydrogen-bond acceptors (Lipinski definition) is 3. The van der Waals surface area contributed by atoms with E-state index in [4.69, 9.17) is 0 Å². The monoisotopic (exact) mass is 232 g/mol. The van der Waals surface area contributed by atoms with Gasteiger partial charge in [0.05, 0.1) is 5.75 Å². The zero-order valence-electron chi connectivity index (χ0n) is 9.41. The van der Waals surface area contributed by atoms with E-state index in [1.165, 1.54) is 12.8 Å². The fraction of sp³-hybridized carbons (Fsp3) is 1.00. The first-order valence-corrected chi connectivity index (χ1v) is 7.28. The molecule has 0 saturated heterocycles. The van der Waals surface area contributed by atoms with Gasteiger partial charge >= 0.3 is 0 Å². The third-order valence-corrected chi connectivity index (χ3v) is 4.60. The van der Waals surface area contributed by atoms with Crippen LogP contribution >= 0.6 is 0 Å². The second kappa shape index (κ2) is 3.71. The Balaban J connectivity index is 1.69. The fourth-order valence-electron chi connectivity index (χ4n) is 1.63. The zero-order chi connectivity index (χ0) is 11.1. The molecule has 0 aliphatic heterocycles. The van der Waals surface area contributed by atoms with Gasteiger partial charge in [0, 0.05) is 18.6 Å². The fourth-order valence-corrected chi connectivity index (χ4v) is 2.97. The summed E-state index contributed by atoms with van der Waals surface area (Å²) in [6.07, 6.45) is 3.36. The van der Waals surface area contributed by atoms with Gasteiger partial charge in [-0.05, 0) is 24.7 Å². The first-order valence-electron chi connectivity index (χ1n) is 5.62. The smallest absolute Gasteiger partial charge is 0.213 e. The average molecular weight is 232 g/mol. The molecule has 5 heteroatoms. The minimum atomic E-state index is -3.07. The minimum Gasteiger partial charge on any atom is -0.313 e. The number of nitrogens with one attached hydrogen (secondary N) is 2. The summed E-state index contributed by atoms with van der Waals surface area (Å²) >= 11 is 0. The lowest BCUT2D eigenvalue weighted by Gasteiger charge is -2.08. The summed E-state index contributed by atoms with van der Waals surface area (Å²) < 4.78 is 26.0. The van der Waals surface area contributed by atoms with Crippen LogP contribution in [0.25, 0.3) is 0 Å². The lowest BCUT2D eigenvalue weighted by molar-refractivity contribution is 0.552. The summed E-state index contributed by atoms with van der Waals surface area (Å²) in [7, 11) is -3.07. The Morgan fingerprint density at radius 3 is 2.40 bits per heavy atom. The van der Waals surface area contributed by atoms with Crippen molar-refractivity contribution in [1.29, 1.82) is 0 Å². The SMILES string of the molecule is CC1(C)CC1NS(=O)(=O)CCNC1CC1. The van der Waals surface area contributed by atoms with Crippen molar-refractivity contribution >= 4 is 10.0 Å². The molecule has 0 heterocycles. The van der Waals surface area contributed by atoms with Crippen LogP contribution in [0.3, 0.4) is 0 Å². The molecular weight excluding hydrogens is 212 g/mol. The van der Waals surface area contributed by atoms with Crippen LogP contribution in [0.2, 0.25) is 0 Å². The summed E-state index contributed by atoms with van der Waals surface area (Å²) in [5.74, 6) is 0.204. The van der Waals surface area contributed by atoms with E-state index in [-0.39, 0.29) is 17.2 Å². The molecule has 2 rings (SSSR count). The second-order valence-electron chi connectivity index (χ2n) is 5.41. The Hall–Kier alpha value is -0.130. The van der Waals surface area contributed by atoms with E-state index >= 15 is 0 Å². The van der Waals surface area contributed by atoms with Crippen molar-refractivity contribution in [2.45, 2.75) is 45.2 Å². The molecule has 0 amide bonds. The van der Waals surface area contributed by atoms with E-state index in [0.717, 1.165) is 6.42 Å². The van der Waals surface area contributed by atoms with Crippen molar-refractivity contribution < 1.29 is 8.42 Å². The van der Waals surface area contributed by atoms with Crippen LogP contribution < -0.4 is 10.0 Å². The highest BCUT2D eigenvalue weighted by molar-refractivity contribution is 7.89. The van der Waals surface area contributed by atoms with Gasteiger partial charge in [0.1, 0.15) is 0 Å². The maximum atomic E-state index is 11.6. The van der Waals surface area contributed by atoms with Crippen LogP contribution in [-0.4, -0.2) is 32.8 Å². The molecule has 4 nitrogen and oxygen atoms in total. The van der Waals surface area contributed by atoms with Gasteiger partial charge < -0.3 is 5.32 Å². The first-order chi connectivity index (χ1) is 6.89. The highest BCUT2D eigenvalue weighted by Crippen LogP contribution is 2.44. The first kappa shape index (κ1) is 11.4. The van der Waals surface area contributed by atoms with Crippen molar-refractivity contribution in [3.63, 3.8) is 0 Å². The molecule has 2 aliphatic carbocycles. The molecule has 0 aromatic heterocycles. The predicted molar refractivity (Wildman–Crippen MR) is 60.1 cm³/mol. The van der Waals surface area contributed by atoms with Gasteiger partial charge in [-0.1, -0.05) is 13.8 Å². The molecule has 2 N–H and O–H groups in total. The molecule has 15 heavy (non-hydrogen) atoms. The molecule has 0 spiro atoms. The molecule has 0 radical (unpaired) electrons. The Morgan fingerprint density at radius 1 is 1.33 bits per heavy atom. The molecule has 2 aliphatic rings. The summed E-state index contributed by atoms with van der Waals surface area (Å²) in [6, 6.07) is 0.737. The van der Waals surface area contributed by atoms with E-state index in [9.17, 15) is 8.42 Å². The summed E-state index contributed by atoms with van der Waals surface area (Å²) in [4.78, 5) is 0. The van der Waals surface area contributed by atoms with Gasteiger partial charge in [0.15, 0.2) is 0 Å². The minimum absolute atomic E-state index is 0.156. The molecule has 0 aromatic rings. The molecular formula is C10H20N2O2S. The van der Waals surface area contributed by atoms with Crippen LogP contribution in [0.1, 0.15) is 33.1 Å². The van der Waals surface area contributed by atoms with Crippen molar-refractivity contribution in [3.05, 3.63) is 0 Å². The van der Waals surface area contributed by atoms with Crippen molar-refractivity contribution in [2.24, 2.45) is 5.41 Å². The van der Waals surface area contributed by atoms with Gasteiger partial charge in [-0.25, -0.2) is 13.1 Å².